The molecule has 0 fully saturated rings. The third-order valence-electron chi connectivity index (χ3n) is 11.0. The molecule has 0 saturated carbocycles. The average Bonchev–Trinajstić information content (AvgIpc) is 3.95. The first-order valence-corrected chi connectivity index (χ1v) is 19.6. The van der Waals surface area contributed by atoms with E-state index >= 15 is 0 Å². The normalized spacial score (nSPS) is 13.1. The maximum Gasteiger partial charge on any atom is 0.164 e. The van der Waals surface area contributed by atoms with Gasteiger partial charge in [-0.15, -0.1) is 0 Å². The minimum absolute atomic E-state index is 0.00989. The second-order valence-electron chi connectivity index (χ2n) is 14.7. The number of hydrogen-bond donors (Lipinski definition) is 0. The van der Waals surface area contributed by atoms with E-state index in [9.17, 15) is 5.48 Å². The Balaban J connectivity index is 1.03. The van der Waals surface area contributed by atoms with Crippen LogP contribution in [0.5, 0.6) is 0 Å². The lowest BCUT2D eigenvalue weighted by Crippen LogP contribution is -2.00. The van der Waals surface area contributed by atoms with Gasteiger partial charge in [-0.05, 0) is 86.5 Å². The zero-order valence-electron chi connectivity index (χ0n) is 37.7. The first kappa shape index (κ1) is 28.3. The first-order chi connectivity index (χ1) is 32.2. The number of hydrogen-bond acceptors (Lipinski definition) is 5. The van der Waals surface area contributed by atoms with Crippen LogP contribution in [-0.4, -0.2) is 15.0 Å². The molecule has 0 N–H and O–H groups in total. The van der Waals surface area contributed by atoms with Crippen molar-refractivity contribution in [1.29, 1.82) is 0 Å². The van der Waals surface area contributed by atoms with Crippen LogP contribution in [0.15, 0.2) is 209 Å². The van der Waals surface area contributed by atoms with Crippen molar-refractivity contribution in [1.82, 2.24) is 15.0 Å². The quantitative estimate of drug-likeness (QED) is 0.168. The lowest BCUT2D eigenvalue weighted by Gasteiger charge is -2.10. The molecule has 0 radical (unpaired) electrons. The fraction of sp³-hybridized carbons (Fsp3) is 0. The van der Waals surface area contributed by atoms with E-state index in [0.717, 1.165) is 43.8 Å². The first-order valence-electron chi connectivity index (χ1n) is 22.6. The van der Waals surface area contributed by atoms with Crippen LogP contribution >= 0.6 is 0 Å². The maximum absolute atomic E-state index is 9.59. The molecule has 0 atom stereocenters. The summed E-state index contributed by atoms with van der Waals surface area (Å²) in [5.74, 6) is 0.590. The molecular weight excluding hydrogens is 735 g/mol. The van der Waals surface area contributed by atoms with Gasteiger partial charge >= 0.3 is 0 Å². The molecule has 12 rings (SSSR count). The lowest BCUT2D eigenvalue weighted by molar-refractivity contribution is 0.669. The molecule has 0 saturated heterocycles. The summed E-state index contributed by atoms with van der Waals surface area (Å²) in [5.41, 5.74) is 7.10. The summed E-state index contributed by atoms with van der Waals surface area (Å²) < 4.78 is 68.5. The highest BCUT2D eigenvalue weighted by Crippen LogP contribution is 2.38. The van der Waals surface area contributed by atoms with Crippen molar-refractivity contribution in [2.24, 2.45) is 0 Å². The Kier molecular flexibility index (Phi) is 6.48. The summed E-state index contributed by atoms with van der Waals surface area (Å²) in [4.78, 5) is 14.7. The Labute approximate surface area is 353 Å². The summed E-state index contributed by atoms with van der Waals surface area (Å²) in [6.45, 7) is 0. The lowest BCUT2D eigenvalue weighted by atomic mass is 9.97. The van der Waals surface area contributed by atoms with E-state index in [1.807, 2.05) is 127 Å². The molecule has 60 heavy (non-hydrogen) atoms. The van der Waals surface area contributed by atoms with Gasteiger partial charge in [0.2, 0.25) is 0 Å². The largest absolute Gasteiger partial charge is 0.456 e. The molecule has 0 unspecified atom stereocenters. The summed E-state index contributed by atoms with van der Waals surface area (Å²) in [7, 11) is 0. The van der Waals surface area contributed by atoms with Crippen molar-refractivity contribution in [3.05, 3.63) is 200 Å². The molecule has 3 aromatic heterocycles. The van der Waals surface area contributed by atoms with Crippen LogP contribution in [0, 0.1) is 0 Å². The standard InChI is InChI=1S/C55H33N3O2/c1-2-9-34(10-3-1)35-17-21-38(22-18-35)53-56-54(39-23-19-37(20-24-39)44-15-8-12-36-11-4-5-13-43(36)44)58-55(57-53)42-26-29-47-48-31-40(27-30-50(48)60-52(47)33-42)41-25-28-46-45-14-6-7-16-49(45)59-51(46)32-41/h1-33H/i26D,27D,29D,30D,31D,33D. The smallest absolute Gasteiger partial charge is 0.164 e. The molecule has 0 aliphatic rings. The van der Waals surface area contributed by atoms with Crippen molar-refractivity contribution in [2.45, 2.75) is 0 Å². The minimum Gasteiger partial charge on any atom is -0.456 e. The van der Waals surface area contributed by atoms with Gasteiger partial charge in [0.1, 0.15) is 22.3 Å². The van der Waals surface area contributed by atoms with Crippen LogP contribution in [0.1, 0.15) is 8.22 Å². The van der Waals surface area contributed by atoms with Crippen LogP contribution in [0.3, 0.4) is 0 Å². The van der Waals surface area contributed by atoms with Gasteiger partial charge in [-0.3, -0.25) is 0 Å². The highest BCUT2D eigenvalue weighted by molar-refractivity contribution is 6.09. The zero-order chi connectivity index (χ0) is 44.8. The predicted molar refractivity (Wildman–Crippen MR) is 245 cm³/mol. The van der Waals surface area contributed by atoms with Crippen LogP contribution < -0.4 is 0 Å². The Hall–Kier alpha value is -8.15. The van der Waals surface area contributed by atoms with Crippen molar-refractivity contribution < 1.29 is 17.1 Å². The number of furan rings is 2. The summed E-state index contributed by atoms with van der Waals surface area (Å²) >= 11 is 0. The van der Waals surface area contributed by atoms with E-state index < -0.39 is 0 Å². The fourth-order valence-corrected chi connectivity index (χ4v) is 7.99. The second kappa shape index (κ2) is 13.8. The molecule has 12 aromatic rings. The molecule has 3 heterocycles. The predicted octanol–water partition coefficient (Wildman–Crippen LogP) is 14.8. The molecule has 0 amide bonds. The van der Waals surface area contributed by atoms with E-state index in [2.05, 4.69) is 24.3 Å². The molecule has 0 aliphatic heterocycles. The van der Waals surface area contributed by atoms with Gasteiger partial charge in [-0.25, -0.2) is 15.0 Å². The van der Waals surface area contributed by atoms with Gasteiger partial charge in [-0.1, -0.05) is 158 Å². The van der Waals surface area contributed by atoms with Crippen LogP contribution in [0.4, 0.5) is 0 Å². The molecule has 5 nitrogen and oxygen atoms in total. The van der Waals surface area contributed by atoms with E-state index in [1.165, 1.54) is 0 Å². The van der Waals surface area contributed by atoms with Gasteiger partial charge in [0.25, 0.3) is 0 Å². The third-order valence-corrected chi connectivity index (χ3v) is 11.0. The Morgan fingerprint density at radius 2 is 0.900 bits per heavy atom. The van der Waals surface area contributed by atoms with Gasteiger partial charge in [-0.2, -0.15) is 0 Å². The topological polar surface area (TPSA) is 65.0 Å². The Morgan fingerprint density at radius 1 is 0.317 bits per heavy atom. The second-order valence-corrected chi connectivity index (χ2v) is 14.7. The summed E-state index contributed by atoms with van der Waals surface area (Å²) in [5, 5.41) is 4.18. The number of nitrogens with zero attached hydrogens (tertiary/aromatic N) is 3. The van der Waals surface area contributed by atoms with Crippen molar-refractivity contribution in [2.75, 3.05) is 0 Å². The summed E-state index contributed by atoms with van der Waals surface area (Å²) in [6, 6.07) is 51.6. The maximum atomic E-state index is 9.59. The van der Waals surface area contributed by atoms with Crippen molar-refractivity contribution >= 4 is 54.6 Å². The molecule has 0 aliphatic carbocycles. The third kappa shape index (κ3) is 5.83. The van der Waals surface area contributed by atoms with Gasteiger partial charge in [0.05, 0.1) is 8.22 Å². The number of aromatic nitrogens is 3. The molecule has 280 valence electrons. The highest BCUT2D eigenvalue weighted by atomic mass is 16.3. The Morgan fingerprint density at radius 3 is 1.70 bits per heavy atom. The van der Waals surface area contributed by atoms with E-state index in [4.69, 9.17) is 26.5 Å². The average molecular weight is 774 g/mol. The summed E-state index contributed by atoms with van der Waals surface area (Å²) in [6.07, 6.45) is 0. The van der Waals surface area contributed by atoms with Crippen LogP contribution in [-0.2, 0) is 0 Å². The monoisotopic (exact) mass is 773 g/mol. The van der Waals surface area contributed by atoms with Crippen LogP contribution in [0.2, 0.25) is 0 Å². The zero-order valence-corrected chi connectivity index (χ0v) is 31.7. The highest BCUT2D eigenvalue weighted by Gasteiger charge is 2.17. The number of rotatable bonds is 6. The fourth-order valence-electron chi connectivity index (χ4n) is 7.99. The number of para-hydroxylation sites is 1. The number of fused-ring (bicyclic) bond motifs is 7. The van der Waals surface area contributed by atoms with Crippen molar-refractivity contribution in [3.8, 4) is 67.5 Å². The molecule has 0 spiro atoms. The van der Waals surface area contributed by atoms with E-state index in [-0.39, 0.29) is 75.1 Å². The molecular formula is C55H33N3O2. The van der Waals surface area contributed by atoms with E-state index in [0.29, 0.717) is 39.5 Å². The van der Waals surface area contributed by atoms with Gasteiger partial charge in [0.15, 0.2) is 17.5 Å². The Bertz CT molecular complexity index is 3940. The van der Waals surface area contributed by atoms with Gasteiger partial charge in [0, 0.05) is 38.2 Å². The number of benzene rings is 9. The SMILES string of the molecule is [2H]c1c(-c2ccc3c(c2)oc2ccccc23)c([2H])c2c(oc3c([2H])c(-c4nc(-c5ccc(-c6ccccc6)cc5)nc(-c5ccc(-c6cccc7ccccc67)cc5)n4)c([2H])c([2H])c32)c1[2H]. The van der Waals surface area contributed by atoms with Crippen LogP contribution in [0.25, 0.3) is 122 Å². The van der Waals surface area contributed by atoms with Crippen molar-refractivity contribution in [3.63, 3.8) is 0 Å². The van der Waals surface area contributed by atoms with E-state index in [1.54, 1.807) is 12.1 Å². The molecule has 9 aromatic carbocycles. The molecule has 0 bridgehead atoms. The minimum atomic E-state index is -0.352. The van der Waals surface area contributed by atoms with Gasteiger partial charge < -0.3 is 8.83 Å². The molecule has 5 heteroatoms.